The highest BCUT2D eigenvalue weighted by Crippen LogP contribution is 2.11. The molecule has 3 nitrogen and oxygen atoms in total. The summed E-state index contributed by atoms with van der Waals surface area (Å²) >= 11 is 0. The number of hydrogen-bond acceptors (Lipinski definition) is 2. The van der Waals surface area contributed by atoms with Crippen LogP contribution >= 0.6 is 0 Å². The van der Waals surface area contributed by atoms with Gasteiger partial charge in [-0.25, -0.2) is 8.93 Å². The fourth-order valence-corrected chi connectivity index (χ4v) is 2.34. The van der Waals surface area contributed by atoms with Crippen LogP contribution in [-0.2, 0) is 11.0 Å². The van der Waals surface area contributed by atoms with E-state index in [0.717, 1.165) is 6.54 Å². The largest absolute Gasteiger partial charge is 0.383 e. The van der Waals surface area contributed by atoms with Crippen LogP contribution in [0, 0.1) is 0 Å². The maximum absolute atomic E-state index is 11.0. The van der Waals surface area contributed by atoms with Gasteiger partial charge >= 0.3 is 0 Å². The highest BCUT2D eigenvalue weighted by Gasteiger charge is 2.22. The van der Waals surface area contributed by atoms with Crippen molar-refractivity contribution in [3.63, 3.8) is 0 Å². The van der Waals surface area contributed by atoms with Crippen LogP contribution < -0.4 is 10.0 Å². The molecule has 0 spiro atoms. The average Bonchev–Trinajstić information content (AvgIpc) is 2.04. The molecule has 0 saturated carbocycles. The number of dihydropyridines is 1. The monoisotopic (exact) mass is 170 g/mol. The topological polar surface area (TPSA) is 41.1 Å². The quantitative estimate of drug-likeness (QED) is 0.522. The third-order valence-electron chi connectivity index (χ3n) is 1.91. The third-order valence-corrected chi connectivity index (χ3v) is 3.01. The number of rotatable bonds is 0. The first-order chi connectivity index (χ1) is 5.36. The van der Waals surface area contributed by atoms with Crippen molar-refractivity contribution in [2.75, 3.05) is 12.3 Å². The summed E-state index contributed by atoms with van der Waals surface area (Å²) in [7, 11) is -0.846. The standard InChI is InChI=1S/C7H10N2OS/c10-11-5-7-6(4-9-11)2-1-3-8-7/h1-3,7-9H,4-5H2/t7-,11?/m1/s1. The minimum atomic E-state index is -0.846. The molecule has 1 fully saturated rings. The lowest BCUT2D eigenvalue weighted by Crippen LogP contribution is -2.45. The van der Waals surface area contributed by atoms with E-state index in [4.69, 9.17) is 0 Å². The second kappa shape index (κ2) is 2.79. The van der Waals surface area contributed by atoms with Gasteiger partial charge in [-0.3, -0.25) is 0 Å². The molecule has 0 amide bonds. The summed E-state index contributed by atoms with van der Waals surface area (Å²) in [4.78, 5) is 0. The van der Waals surface area contributed by atoms with E-state index in [2.05, 4.69) is 16.1 Å². The van der Waals surface area contributed by atoms with Gasteiger partial charge in [0.1, 0.15) is 0 Å². The Morgan fingerprint density at radius 2 is 2.55 bits per heavy atom. The number of hydrogen-bond donors (Lipinski definition) is 2. The molecule has 0 aliphatic carbocycles. The molecule has 2 rings (SSSR count). The summed E-state index contributed by atoms with van der Waals surface area (Å²) in [6.07, 6.45) is 5.95. The predicted octanol–water partition coefficient (Wildman–Crippen LogP) is -0.335. The lowest BCUT2D eigenvalue weighted by Gasteiger charge is -2.27. The normalized spacial score (nSPS) is 35.5. The molecular weight excluding hydrogens is 160 g/mol. The average molecular weight is 170 g/mol. The van der Waals surface area contributed by atoms with Gasteiger partial charge in [-0.05, 0) is 17.8 Å². The SMILES string of the molecule is O=S1C[C@H]2NC=CC=C2CN1. The summed E-state index contributed by atoms with van der Waals surface area (Å²) in [5.74, 6) is 0.677. The van der Waals surface area contributed by atoms with E-state index in [1.165, 1.54) is 5.57 Å². The number of allylic oxidation sites excluding steroid dienone is 2. The summed E-state index contributed by atoms with van der Waals surface area (Å²) in [6, 6.07) is 0.294. The van der Waals surface area contributed by atoms with Crippen molar-refractivity contribution in [2.45, 2.75) is 6.04 Å². The highest BCUT2D eigenvalue weighted by atomic mass is 32.2. The van der Waals surface area contributed by atoms with Crippen molar-refractivity contribution in [2.24, 2.45) is 0 Å². The van der Waals surface area contributed by atoms with Gasteiger partial charge in [-0.15, -0.1) is 0 Å². The highest BCUT2D eigenvalue weighted by molar-refractivity contribution is 7.83. The minimum Gasteiger partial charge on any atom is -0.383 e. The first-order valence-electron chi connectivity index (χ1n) is 3.60. The van der Waals surface area contributed by atoms with Crippen LogP contribution in [0.25, 0.3) is 0 Å². The molecule has 1 saturated heterocycles. The van der Waals surface area contributed by atoms with Gasteiger partial charge in [0.2, 0.25) is 0 Å². The van der Waals surface area contributed by atoms with Crippen LogP contribution in [0.5, 0.6) is 0 Å². The van der Waals surface area contributed by atoms with Gasteiger partial charge in [0.15, 0.2) is 0 Å². The van der Waals surface area contributed by atoms with E-state index >= 15 is 0 Å². The molecule has 60 valence electrons. The molecule has 2 aliphatic heterocycles. The van der Waals surface area contributed by atoms with Crippen LogP contribution in [0.15, 0.2) is 23.9 Å². The van der Waals surface area contributed by atoms with Gasteiger partial charge in [0.25, 0.3) is 0 Å². The molecule has 2 atom stereocenters. The Hall–Kier alpha value is -0.610. The van der Waals surface area contributed by atoms with Crippen molar-refractivity contribution in [3.8, 4) is 0 Å². The Labute approximate surface area is 68.1 Å². The van der Waals surface area contributed by atoms with E-state index in [1.807, 2.05) is 12.3 Å². The van der Waals surface area contributed by atoms with Crippen LogP contribution in [0.3, 0.4) is 0 Å². The molecule has 2 N–H and O–H groups in total. The summed E-state index contributed by atoms with van der Waals surface area (Å²) in [6.45, 7) is 0.745. The molecule has 0 aromatic carbocycles. The predicted molar refractivity (Wildman–Crippen MR) is 45.2 cm³/mol. The number of fused-ring (bicyclic) bond motifs is 1. The molecule has 11 heavy (non-hydrogen) atoms. The fraction of sp³-hybridized carbons (Fsp3) is 0.429. The zero-order chi connectivity index (χ0) is 7.68. The molecule has 4 heteroatoms. The Bertz CT molecular complexity index is 247. The third kappa shape index (κ3) is 1.36. The minimum absolute atomic E-state index is 0.294. The van der Waals surface area contributed by atoms with Gasteiger partial charge in [-0.2, -0.15) is 0 Å². The van der Waals surface area contributed by atoms with Gasteiger partial charge in [-0.1, -0.05) is 6.08 Å². The first kappa shape index (κ1) is 7.06. The Morgan fingerprint density at radius 1 is 1.64 bits per heavy atom. The van der Waals surface area contributed by atoms with Crippen LogP contribution in [0.2, 0.25) is 0 Å². The van der Waals surface area contributed by atoms with Crippen molar-refractivity contribution in [1.82, 2.24) is 10.0 Å². The maximum atomic E-state index is 11.0. The van der Waals surface area contributed by atoms with E-state index in [-0.39, 0.29) is 0 Å². The maximum Gasteiger partial charge on any atom is 0.0942 e. The summed E-state index contributed by atoms with van der Waals surface area (Å²) in [5, 5.41) is 3.17. The van der Waals surface area contributed by atoms with E-state index < -0.39 is 11.0 Å². The molecule has 0 bridgehead atoms. The Balaban J connectivity index is 2.16. The second-order valence-electron chi connectivity index (χ2n) is 2.65. The van der Waals surface area contributed by atoms with Gasteiger partial charge < -0.3 is 5.32 Å². The number of nitrogens with one attached hydrogen (secondary N) is 2. The van der Waals surface area contributed by atoms with Crippen molar-refractivity contribution >= 4 is 11.0 Å². The first-order valence-corrected chi connectivity index (χ1v) is 4.92. The van der Waals surface area contributed by atoms with Crippen LogP contribution in [0.1, 0.15) is 0 Å². The van der Waals surface area contributed by atoms with E-state index in [0.29, 0.717) is 11.8 Å². The van der Waals surface area contributed by atoms with Crippen LogP contribution in [0.4, 0.5) is 0 Å². The second-order valence-corrected chi connectivity index (χ2v) is 3.97. The molecule has 0 radical (unpaired) electrons. The van der Waals surface area contributed by atoms with Crippen molar-refractivity contribution in [3.05, 3.63) is 23.9 Å². The smallest absolute Gasteiger partial charge is 0.0942 e. The molecule has 0 aromatic rings. The Kier molecular flexibility index (Phi) is 1.79. The van der Waals surface area contributed by atoms with Crippen molar-refractivity contribution < 1.29 is 4.21 Å². The molecule has 1 unspecified atom stereocenters. The van der Waals surface area contributed by atoms with Crippen LogP contribution in [-0.4, -0.2) is 22.5 Å². The van der Waals surface area contributed by atoms with E-state index in [1.54, 1.807) is 0 Å². The molecule has 0 aromatic heterocycles. The van der Waals surface area contributed by atoms with Gasteiger partial charge in [0.05, 0.1) is 22.8 Å². The molecule has 2 heterocycles. The zero-order valence-corrected chi connectivity index (χ0v) is 6.86. The molecule has 2 aliphatic rings. The summed E-state index contributed by atoms with van der Waals surface area (Å²) < 4.78 is 13.9. The summed E-state index contributed by atoms with van der Waals surface area (Å²) in [5.41, 5.74) is 1.30. The lowest BCUT2D eigenvalue weighted by molar-refractivity contribution is 0.630. The zero-order valence-electron chi connectivity index (χ0n) is 6.04. The molecular formula is C7H10N2OS. The van der Waals surface area contributed by atoms with E-state index in [9.17, 15) is 4.21 Å². The van der Waals surface area contributed by atoms with Crippen molar-refractivity contribution in [1.29, 1.82) is 0 Å². The fourth-order valence-electron chi connectivity index (χ4n) is 1.28. The van der Waals surface area contributed by atoms with Gasteiger partial charge in [0, 0.05) is 6.54 Å². The lowest BCUT2D eigenvalue weighted by atomic mass is 10.1. The Morgan fingerprint density at radius 3 is 3.45 bits per heavy atom.